The van der Waals surface area contributed by atoms with Gasteiger partial charge in [0.25, 0.3) is 0 Å². The highest BCUT2D eigenvalue weighted by Crippen LogP contribution is 2.43. The molecule has 1 aliphatic rings. The highest BCUT2D eigenvalue weighted by molar-refractivity contribution is 4.90. The summed E-state index contributed by atoms with van der Waals surface area (Å²) in [5, 5.41) is 3.70. The number of hydrogen-bond acceptors (Lipinski definition) is 1. The topological polar surface area (TPSA) is 12.0 Å². The summed E-state index contributed by atoms with van der Waals surface area (Å²) in [4.78, 5) is 0. The average molecular weight is 265 g/mol. The molecule has 1 fully saturated rings. The molecule has 3 unspecified atom stereocenters. The molecule has 0 bridgehead atoms. The van der Waals surface area contributed by atoms with Crippen LogP contribution in [0.5, 0.6) is 0 Å². The highest BCUT2D eigenvalue weighted by Gasteiger charge is 2.35. The van der Waals surface area contributed by atoms with Crippen LogP contribution in [0.1, 0.15) is 67.2 Å². The molecule has 0 aromatic rings. The largest absolute Gasteiger partial charge is 0.312 e. The van der Waals surface area contributed by atoms with E-state index in [4.69, 9.17) is 0 Å². The van der Waals surface area contributed by atoms with Gasteiger partial charge in [-0.1, -0.05) is 26.8 Å². The Balaban J connectivity index is 2.60. The van der Waals surface area contributed by atoms with E-state index in [-0.39, 0.29) is 5.54 Å². The zero-order chi connectivity index (χ0) is 14.7. The van der Waals surface area contributed by atoms with Gasteiger partial charge in [-0.3, -0.25) is 0 Å². The van der Waals surface area contributed by atoms with Gasteiger partial charge in [0.2, 0.25) is 0 Å². The van der Waals surface area contributed by atoms with Crippen LogP contribution in [-0.4, -0.2) is 12.1 Å². The fourth-order valence-corrected chi connectivity index (χ4v) is 3.32. The van der Waals surface area contributed by atoms with Gasteiger partial charge in [-0.2, -0.15) is 0 Å². The second kappa shape index (κ2) is 6.43. The Morgan fingerprint density at radius 1 is 1.05 bits per heavy atom. The van der Waals surface area contributed by atoms with Crippen LogP contribution in [0.3, 0.4) is 0 Å². The molecule has 1 aliphatic carbocycles. The molecule has 1 saturated carbocycles. The molecular formula is C18H35N. The minimum Gasteiger partial charge on any atom is -0.312 e. The lowest BCUT2D eigenvalue weighted by molar-refractivity contribution is 0.0952. The van der Waals surface area contributed by atoms with Crippen molar-refractivity contribution in [3.8, 4) is 0 Å². The molecule has 0 radical (unpaired) electrons. The van der Waals surface area contributed by atoms with Crippen molar-refractivity contribution in [3.63, 3.8) is 0 Å². The van der Waals surface area contributed by atoms with Gasteiger partial charge in [0.1, 0.15) is 0 Å². The van der Waals surface area contributed by atoms with E-state index < -0.39 is 0 Å². The summed E-state index contributed by atoms with van der Waals surface area (Å²) in [6.07, 6.45) is 7.46. The van der Waals surface area contributed by atoms with Crippen LogP contribution in [0, 0.1) is 23.2 Å². The van der Waals surface area contributed by atoms with Crippen molar-refractivity contribution >= 4 is 0 Å². The Hall–Kier alpha value is -0.300. The first-order chi connectivity index (χ1) is 8.63. The number of rotatable bonds is 4. The summed E-state index contributed by atoms with van der Waals surface area (Å²) in [5.41, 5.74) is 0.696. The van der Waals surface area contributed by atoms with Crippen LogP contribution in [0.15, 0.2) is 12.7 Å². The van der Waals surface area contributed by atoms with Crippen LogP contribution in [0.4, 0.5) is 0 Å². The van der Waals surface area contributed by atoms with Crippen LogP contribution < -0.4 is 5.32 Å². The fraction of sp³-hybridized carbons (Fsp3) is 0.889. The smallest absolute Gasteiger partial charge is 0.00966 e. The SMILES string of the molecule is C=CCC1CC(C(C)(C)C)CCC1CNC(C)(C)C. The minimum atomic E-state index is 0.236. The second-order valence-electron chi connectivity index (χ2n) is 8.55. The van der Waals surface area contributed by atoms with Crippen molar-refractivity contribution in [1.29, 1.82) is 0 Å². The molecular weight excluding hydrogens is 230 g/mol. The molecule has 19 heavy (non-hydrogen) atoms. The molecule has 0 spiro atoms. The van der Waals surface area contributed by atoms with Crippen molar-refractivity contribution in [2.24, 2.45) is 23.2 Å². The predicted octanol–water partition coefficient (Wildman–Crippen LogP) is 5.03. The summed E-state index contributed by atoms with van der Waals surface area (Å²) >= 11 is 0. The van der Waals surface area contributed by atoms with Gasteiger partial charge < -0.3 is 5.32 Å². The van der Waals surface area contributed by atoms with Gasteiger partial charge in [-0.05, 0) is 76.2 Å². The molecule has 1 N–H and O–H groups in total. The maximum absolute atomic E-state index is 3.96. The van der Waals surface area contributed by atoms with Crippen LogP contribution in [0.2, 0.25) is 0 Å². The normalized spacial score (nSPS) is 29.3. The van der Waals surface area contributed by atoms with Crippen molar-refractivity contribution in [1.82, 2.24) is 5.32 Å². The molecule has 1 heteroatoms. The summed E-state index contributed by atoms with van der Waals surface area (Å²) in [6.45, 7) is 19.1. The third-order valence-electron chi connectivity index (χ3n) is 4.73. The molecule has 3 atom stereocenters. The first-order valence-electron chi connectivity index (χ1n) is 7.99. The van der Waals surface area contributed by atoms with E-state index in [9.17, 15) is 0 Å². The van der Waals surface area contributed by atoms with Gasteiger partial charge >= 0.3 is 0 Å². The number of allylic oxidation sites excluding steroid dienone is 1. The van der Waals surface area contributed by atoms with Gasteiger partial charge in [-0.15, -0.1) is 6.58 Å². The summed E-state index contributed by atoms with van der Waals surface area (Å²) in [7, 11) is 0. The summed E-state index contributed by atoms with van der Waals surface area (Å²) in [5.74, 6) is 2.53. The van der Waals surface area contributed by atoms with E-state index in [1.54, 1.807) is 0 Å². The van der Waals surface area contributed by atoms with Crippen LogP contribution in [-0.2, 0) is 0 Å². The van der Waals surface area contributed by atoms with Gasteiger partial charge in [0, 0.05) is 5.54 Å². The van der Waals surface area contributed by atoms with Crippen molar-refractivity contribution < 1.29 is 0 Å². The molecule has 112 valence electrons. The summed E-state index contributed by atoms with van der Waals surface area (Å²) in [6, 6.07) is 0. The third-order valence-corrected chi connectivity index (χ3v) is 4.73. The lowest BCUT2D eigenvalue weighted by Crippen LogP contribution is -2.43. The Bertz CT molecular complexity index is 279. The third kappa shape index (κ3) is 5.69. The maximum atomic E-state index is 3.96. The van der Waals surface area contributed by atoms with Crippen molar-refractivity contribution in [2.45, 2.75) is 72.8 Å². The number of hydrogen-bond donors (Lipinski definition) is 1. The molecule has 0 amide bonds. The Kier molecular flexibility index (Phi) is 5.67. The predicted molar refractivity (Wildman–Crippen MR) is 86.3 cm³/mol. The Morgan fingerprint density at radius 3 is 2.16 bits per heavy atom. The molecule has 0 saturated heterocycles. The van der Waals surface area contributed by atoms with Gasteiger partial charge in [-0.25, -0.2) is 0 Å². The molecule has 1 rings (SSSR count). The van der Waals surface area contributed by atoms with Gasteiger partial charge in [0.15, 0.2) is 0 Å². The second-order valence-corrected chi connectivity index (χ2v) is 8.55. The highest BCUT2D eigenvalue weighted by atomic mass is 14.9. The van der Waals surface area contributed by atoms with Crippen molar-refractivity contribution in [2.75, 3.05) is 6.54 Å². The van der Waals surface area contributed by atoms with E-state index in [1.807, 2.05) is 0 Å². The lowest BCUT2D eigenvalue weighted by Gasteiger charge is -2.42. The average Bonchev–Trinajstić information content (AvgIpc) is 2.25. The van der Waals surface area contributed by atoms with Crippen LogP contribution >= 0.6 is 0 Å². The van der Waals surface area contributed by atoms with E-state index >= 15 is 0 Å². The fourth-order valence-electron chi connectivity index (χ4n) is 3.32. The quantitative estimate of drug-likeness (QED) is 0.703. The monoisotopic (exact) mass is 265 g/mol. The molecule has 0 aromatic carbocycles. The minimum absolute atomic E-state index is 0.236. The Morgan fingerprint density at radius 2 is 1.68 bits per heavy atom. The lowest BCUT2D eigenvalue weighted by atomic mass is 9.64. The van der Waals surface area contributed by atoms with Crippen molar-refractivity contribution in [3.05, 3.63) is 12.7 Å². The molecule has 0 aliphatic heterocycles. The van der Waals surface area contributed by atoms with E-state index in [0.717, 1.165) is 17.8 Å². The van der Waals surface area contributed by atoms with E-state index in [0.29, 0.717) is 5.41 Å². The maximum Gasteiger partial charge on any atom is 0.00966 e. The summed E-state index contributed by atoms with van der Waals surface area (Å²) < 4.78 is 0. The first kappa shape index (κ1) is 16.8. The standard InChI is InChI=1S/C18H35N/c1-8-9-14-12-16(17(2,3)4)11-10-15(14)13-19-18(5,6)7/h8,14-16,19H,1,9-13H2,2-7H3. The van der Waals surface area contributed by atoms with E-state index in [1.165, 1.54) is 32.2 Å². The zero-order valence-corrected chi connectivity index (χ0v) is 14.1. The molecule has 0 aromatic heterocycles. The van der Waals surface area contributed by atoms with Gasteiger partial charge in [0.05, 0.1) is 0 Å². The first-order valence-corrected chi connectivity index (χ1v) is 7.99. The van der Waals surface area contributed by atoms with E-state index in [2.05, 4.69) is 59.5 Å². The Labute approximate surface area is 121 Å². The zero-order valence-electron chi connectivity index (χ0n) is 14.1. The van der Waals surface area contributed by atoms with Crippen LogP contribution in [0.25, 0.3) is 0 Å². The molecule has 1 nitrogen and oxygen atoms in total. The molecule has 0 heterocycles. The number of nitrogens with one attached hydrogen (secondary N) is 1.